The number of rotatable bonds is 4. The van der Waals surface area contributed by atoms with Crippen LogP contribution in [0.4, 0.5) is 5.69 Å². The number of hydrogen-bond acceptors (Lipinski definition) is 3. The minimum atomic E-state index is -3.73. The van der Waals surface area contributed by atoms with Crippen LogP contribution in [0.15, 0.2) is 60.7 Å². The molecule has 18 heavy (non-hydrogen) atoms. The molecule has 0 aliphatic heterocycles. The minimum absolute atomic E-state index is 0.557. The minimum Gasteiger partial charge on any atom is -0.665 e. The lowest BCUT2D eigenvalue weighted by Crippen LogP contribution is -2.32. The quantitative estimate of drug-likeness (QED) is 0.679. The van der Waals surface area contributed by atoms with Crippen molar-refractivity contribution in [2.24, 2.45) is 0 Å². The standard InChI is InChI=1S/C14H16NO2P/c1-12(13-8-4-2-5-9-13)18(16,17)15-14-10-6-3-7-11-14/h2-12H,1H3,(H2,15,16,17)/p-1/i16+2. The summed E-state index contributed by atoms with van der Waals surface area (Å²) in [7, 11) is -3.73. The molecule has 0 saturated carbocycles. The molecule has 0 aromatic heterocycles. The highest BCUT2D eigenvalue weighted by atomic mass is 31.2. The van der Waals surface area contributed by atoms with Crippen LogP contribution in [0, 0.1) is 0 Å². The Morgan fingerprint density at radius 3 is 2.06 bits per heavy atom. The van der Waals surface area contributed by atoms with Crippen LogP contribution in [0.25, 0.3) is 0 Å². The molecule has 0 bridgehead atoms. The first-order valence-corrected chi connectivity index (χ1v) is 7.48. The second-order valence-electron chi connectivity index (χ2n) is 4.16. The second kappa shape index (κ2) is 5.49. The van der Waals surface area contributed by atoms with Crippen molar-refractivity contribution in [2.45, 2.75) is 12.6 Å². The average Bonchev–Trinajstić information content (AvgIpc) is 2.39. The zero-order chi connectivity index (χ0) is 13.0. The van der Waals surface area contributed by atoms with Gasteiger partial charge in [0, 0.05) is 7.87 Å². The molecule has 0 aliphatic rings. The summed E-state index contributed by atoms with van der Waals surface area (Å²) in [4.78, 5) is 24.4. The molecule has 2 aromatic carbocycles. The van der Waals surface area contributed by atoms with Crippen molar-refractivity contribution in [2.75, 3.05) is 5.09 Å². The third-order valence-corrected chi connectivity index (χ3v) is 4.74. The van der Waals surface area contributed by atoms with E-state index in [4.69, 9.17) is 0 Å². The van der Waals surface area contributed by atoms with E-state index in [0.29, 0.717) is 5.69 Å². The first-order chi connectivity index (χ1) is 8.59. The summed E-state index contributed by atoms with van der Waals surface area (Å²) in [6.07, 6.45) is 0. The van der Waals surface area contributed by atoms with Crippen molar-refractivity contribution in [3.05, 3.63) is 66.2 Å². The van der Waals surface area contributed by atoms with Gasteiger partial charge in [-0.25, -0.2) is 0 Å². The molecule has 2 unspecified atom stereocenters. The van der Waals surface area contributed by atoms with Gasteiger partial charge in [-0.15, -0.1) is 0 Å². The molecule has 1 N–H and O–H groups in total. The number of nitrogens with one attached hydrogen (secondary N) is 1. The van der Waals surface area contributed by atoms with Gasteiger partial charge in [-0.2, -0.15) is 0 Å². The van der Waals surface area contributed by atoms with Crippen molar-refractivity contribution < 1.29 is 9.79 Å². The number of hydrogen-bond donors (Lipinski definition) is 1. The van der Waals surface area contributed by atoms with Crippen LogP contribution in [0.5, 0.6) is 0 Å². The Bertz CT molecular complexity index is 488. The van der Waals surface area contributed by atoms with E-state index in [9.17, 15) is 9.79 Å². The predicted octanol–water partition coefficient (Wildman–Crippen LogP) is 2.34. The predicted molar refractivity (Wildman–Crippen MR) is 71.8 cm³/mol. The van der Waals surface area contributed by atoms with Crippen LogP contribution in [-0.4, -0.2) is 0 Å². The van der Waals surface area contributed by atoms with E-state index in [0.717, 1.165) is 5.56 Å². The molecule has 0 saturated heterocycles. The van der Waals surface area contributed by atoms with Gasteiger partial charge in [0.25, 0.3) is 0 Å². The van der Waals surface area contributed by atoms with Crippen molar-refractivity contribution in [1.82, 2.24) is 0 Å². The van der Waals surface area contributed by atoms with Crippen molar-refractivity contribution in [3.8, 4) is 0 Å². The Hall–Kier alpha value is -1.41. The monoisotopic (exact) mass is 262 g/mol. The van der Waals surface area contributed by atoms with Gasteiger partial charge >= 0.3 is 0 Å². The zero-order valence-corrected chi connectivity index (χ0v) is 11.0. The summed E-state index contributed by atoms with van der Waals surface area (Å²) >= 11 is 0. The maximum Gasteiger partial charge on any atom is 0.102 e. The average molecular weight is 262 g/mol. The van der Waals surface area contributed by atoms with E-state index in [1.807, 2.05) is 36.4 Å². The van der Waals surface area contributed by atoms with Gasteiger partial charge in [-0.3, -0.25) is 5.09 Å². The van der Waals surface area contributed by atoms with Gasteiger partial charge in [0.1, 0.15) is 5.66 Å². The fourth-order valence-electron chi connectivity index (χ4n) is 1.72. The molecule has 4 heteroatoms. The molecular weight excluding hydrogens is 247 g/mol. The molecular formula is C14H15NO2P-. The van der Waals surface area contributed by atoms with Crippen LogP contribution in [-0.2, 0) is 0 Å². The van der Waals surface area contributed by atoms with Crippen molar-refractivity contribution in [3.63, 3.8) is 0 Å². The van der Waals surface area contributed by atoms with Crippen molar-refractivity contribution in [1.29, 1.82) is 0 Å². The highest BCUT2D eigenvalue weighted by Crippen LogP contribution is 2.54. The lowest BCUT2D eigenvalue weighted by atomic mass is 10.2. The fourth-order valence-corrected chi connectivity index (χ4v) is 2.98. The largest absolute Gasteiger partial charge is 0.665 e. The van der Waals surface area contributed by atoms with Crippen molar-refractivity contribution >= 4 is 13.6 Å². The molecule has 0 radical (unpaired) electrons. The van der Waals surface area contributed by atoms with Gasteiger partial charge < -0.3 is 9.79 Å². The molecule has 94 valence electrons. The zero-order valence-electron chi connectivity index (χ0n) is 10.1. The second-order valence-corrected chi connectivity index (χ2v) is 6.35. The van der Waals surface area contributed by atoms with Crippen LogP contribution >= 0.6 is 7.87 Å². The Labute approximate surface area is 108 Å². The summed E-state index contributed by atoms with van der Waals surface area (Å²) in [5.74, 6) is 0. The maximum atomic E-state index is 12.2. The third kappa shape index (κ3) is 3.08. The molecule has 0 fully saturated rings. The fraction of sp³-hybridized carbons (Fsp3) is 0.143. The van der Waals surface area contributed by atoms with E-state index >= 15 is 0 Å². The molecule has 2 aromatic rings. The molecule has 2 atom stereocenters. The maximum absolute atomic E-state index is 12.2. The molecule has 0 heterocycles. The van der Waals surface area contributed by atoms with E-state index in [1.54, 1.807) is 31.2 Å². The van der Waals surface area contributed by atoms with Gasteiger partial charge in [0.05, 0.1) is 5.69 Å². The first-order valence-electron chi connectivity index (χ1n) is 5.78. The van der Waals surface area contributed by atoms with Gasteiger partial charge in [0.2, 0.25) is 0 Å². The summed E-state index contributed by atoms with van der Waals surface area (Å²) < 4.78 is 0. The van der Waals surface area contributed by atoms with E-state index in [-0.39, 0.29) is 0 Å². The molecule has 0 aliphatic carbocycles. The Balaban J connectivity index is 2.16. The number of anilines is 1. The van der Waals surface area contributed by atoms with Crippen LogP contribution < -0.4 is 14.9 Å². The Kier molecular flexibility index (Phi) is 3.97. The van der Waals surface area contributed by atoms with E-state index in [2.05, 4.69) is 5.09 Å². The summed E-state index contributed by atoms with van der Waals surface area (Å²) in [6, 6.07) is 18.1. The Morgan fingerprint density at radius 2 is 1.50 bits per heavy atom. The molecule has 0 amide bonds. The molecule has 2 rings (SSSR count). The first kappa shape index (κ1) is 13.0. The smallest absolute Gasteiger partial charge is 0.102 e. The molecule has 0 spiro atoms. The summed E-state index contributed by atoms with van der Waals surface area (Å²) in [6.45, 7) is 1.69. The SMILES string of the molecule is CC(c1ccccc1)[P+]([O-])([18O-])Nc1ccccc1. The van der Waals surface area contributed by atoms with E-state index in [1.165, 1.54) is 0 Å². The number of para-hydroxylation sites is 1. The van der Waals surface area contributed by atoms with Gasteiger partial charge in [0.15, 0.2) is 0 Å². The Morgan fingerprint density at radius 1 is 1.00 bits per heavy atom. The summed E-state index contributed by atoms with van der Waals surface area (Å²) in [5.41, 5.74) is 0.830. The van der Waals surface area contributed by atoms with E-state index < -0.39 is 13.5 Å². The topological polar surface area (TPSA) is 58.1 Å². The van der Waals surface area contributed by atoms with Gasteiger partial charge in [-0.05, 0) is 24.6 Å². The van der Waals surface area contributed by atoms with Crippen LogP contribution in [0.3, 0.4) is 0 Å². The molecule has 3 nitrogen and oxygen atoms in total. The number of benzene rings is 2. The highest BCUT2D eigenvalue weighted by molar-refractivity contribution is 7.63. The highest BCUT2D eigenvalue weighted by Gasteiger charge is 2.23. The lowest BCUT2D eigenvalue weighted by molar-refractivity contribution is -0.308. The summed E-state index contributed by atoms with van der Waals surface area (Å²) in [5, 5.41) is 2.62. The third-order valence-electron chi connectivity index (χ3n) is 2.85. The van der Waals surface area contributed by atoms with Crippen LogP contribution in [0.1, 0.15) is 18.1 Å². The van der Waals surface area contributed by atoms with Crippen LogP contribution in [0.2, 0.25) is 0 Å². The normalized spacial score (nSPS) is 15.7. The van der Waals surface area contributed by atoms with Gasteiger partial charge in [-0.1, -0.05) is 48.5 Å². The lowest BCUT2D eigenvalue weighted by Gasteiger charge is -2.41.